The van der Waals surface area contributed by atoms with Gasteiger partial charge in [-0.15, -0.1) is 0 Å². The topological polar surface area (TPSA) is 84.9 Å². The second-order valence-electron chi connectivity index (χ2n) is 7.06. The summed E-state index contributed by atoms with van der Waals surface area (Å²) in [4.78, 5) is 24.0. The molecule has 2 heterocycles. The maximum atomic E-state index is 12.7. The van der Waals surface area contributed by atoms with Gasteiger partial charge in [0.05, 0.1) is 5.56 Å². The van der Waals surface area contributed by atoms with E-state index in [1.807, 2.05) is 0 Å². The standard InChI is InChI=1S/C22H12F3NO5/c23-22(24,25)20(29)26-11-5-7-15-17(9-11)30-18-10-12(27)6-8-16(18)21(15)14-4-2-1-3-13(14)19(28)31-21/h1-10,27H,(H,26,29). The Hall–Kier alpha value is -4.01. The number of alkyl halides is 3. The number of carbonyl (C=O) groups excluding carboxylic acids is 2. The Morgan fingerprint density at radius 1 is 0.935 bits per heavy atom. The van der Waals surface area contributed by atoms with E-state index in [1.165, 1.54) is 30.3 Å². The maximum Gasteiger partial charge on any atom is 0.471 e. The zero-order valence-electron chi connectivity index (χ0n) is 15.5. The number of halogens is 3. The summed E-state index contributed by atoms with van der Waals surface area (Å²) in [6, 6.07) is 15.0. The van der Waals surface area contributed by atoms with E-state index in [4.69, 9.17) is 9.47 Å². The van der Waals surface area contributed by atoms with E-state index in [9.17, 15) is 27.9 Å². The molecule has 0 aliphatic carbocycles. The fraction of sp³-hybridized carbons (Fsp3) is 0.0909. The van der Waals surface area contributed by atoms with Gasteiger partial charge in [0.15, 0.2) is 5.60 Å². The van der Waals surface area contributed by atoms with Crippen molar-refractivity contribution in [2.24, 2.45) is 0 Å². The molecule has 3 aromatic rings. The second kappa shape index (κ2) is 6.24. The lowest BCUT2D eigenvalue weighted by molar-refractivity contribution is -0.167. The van der Waals surface area contributed by atoms with Crippen LogP contribution in [0.5, 0.6) is 17.2 Å². The molecule has 31 heavy (non-hydrogen) atoms. The highest BCUT2D eigenvalue weighted by Gasteiger charge is 2.53. The van der Waals surface area contributed by atoms with Crippen LogP contribution in [0.1, 0.15) is 27.0 Å². The molecule has 1 unspecified atom stereocenters. The van der Waals surface area contributed by atoms with Crippen LogP contribution in [0.2, 0.25) is 0 Å². The van der Waals surface area contributed by atoms with E-state index in [2.05, 4.69) is 0 Å². The van der Waals surface area contributed by atoms with Crippen LogP contribution >= 0.6 is 0 Å². The first-order valence-electron chi connectivity index (χ1n) is 9.07. The monoisotopic (exact) mass is 427 g/mol. The molecule has 0 bridgehead atoms. The van der Waals surface area contributed by atoms with Crippen molar-refractivity contribution >= 4 is 17.6 Å². The molecule has 0 fully saturated rings. The number of phenolic OH excluding ortho intramolecular Hbond substituents is 1. The predicted molar refractivity (Wildman–Crippen MR) is 101 cm³/mol. The average molecular weight is 427 g/mol. The van der Waals surface area contributed by atoms with E-state index in [0.717, 1.165) is 0 Å². The van der Waals surface area contributed by atoms with Gasteiger partial charge in [-0.3, -0.25) is 4.79 Å². The van der Waals surface area contributed by atoms with Crippen LogP contribution in [-0.4, -0.2) is 23.2 Å². The van der Waals surface area contributed by atoms with Gasteiger partial charge < -0.3 is 19.9 Å². The summed E-state index contributed by atoms with van der Waals surface area (Å²) in [7, 11) is 0. The number of fused-ring (bicyclic) bond motifs is 6. The van der Waals surface area contributed by atoms with Gasteiger partial charge in [0, 0.05) is 34.5 Å². The Labute approximate surface area is 172 Å². The van der Waals surface area contributed by atoms with Crippen LogP contribution in [0.15, 0.2) is 60.7 Å². The van der Waals surface area contributed by atoms with E-state index >= 15 is 0 Å². The van der Waals surface area contributed by atoms with Crippen LogP contribution in [0.4, 0.5) is 18.9 Å². The van der Waals surface area contributed by atoms with Crippen LogP contribution < -0.4 is 10.1 Å². The first-order valence-corrected chi connectivity index (χ1v) is 9.07. The number of anilines is 1. The molecule has 2 aliphatic heterocycles. The molecule has 0 saturated carbocycles. The van der Waals surface area contributed by atoms with Gasteiger partial charge in [-0.05, 0) is 30.3 Å². The van der Waals surface area contributed by atoms with Crippen LogP contribution in [0, 0.1) is 0 Å². The van der Waals surface area contributed by atoms with Gasteiger partial charge >= 0.3 is 18.1 Å². The molecule has 1 spiro atoms. The summed E-state index contributed by atoms with van der Waals surface area (Å²) < 4.78 is 49.6. The summed E-state index contributed by atoms with van der Waals surface area (Å²) in [6.07, 6.45) is -5.06. The maximum absolute atomic E-state index is 12.7. The van der Waals surface area contributed by atoms with Crippen molar-refractivity contribution in [3.05, 3.63) is 82.9 Å². The Balaban J connectivity index is 1.72. The lowest BCUT2D eigenvalue weighted by Gasteiger charge is -2.36. The lowest BCUT2D eigenvalue weighted by Crippen LogP contribution is -2.33. The molecule has 0 saturated heterocycles. The van der Waals surface area contributed by atoms with E-state index < -0.39 is 23.7 Å². The highest BCUT2D eigenvalue weighted by atomic mass is 19.4. The zero-order valence-corrected chi connectivity index (χ0v) is 15.5. The van der Waals surface area contributed by atoms with E-state index in [-0.39, 0.29) is 22.9 Å². The number of carbonyl (C=O) groups is 2. The van der Waals surface area contributed by atoms with Gasteiger partial charge in [-0.1, -0.05) is 18.2 Å². The number of rotatable bonds is 1. The van der Waals surface area contributed by atoms with Gasteiger partial charge in [0.25, 0.3) is 0 Å². The zero-order chi connectivity index (χ0) is 22.0. The number of phenols is 1. The van der Waals surface area contributed by atoms with Crippen molar-refractivity contribution in [2.75, 3.05) is 5.32 Å². The molecule has 9 heteroatoms. The van der Waals surface area contributed by atoms with E-state index in [1.54, 1.807) is 35.6 Å². The highest BCUT2D eigenvalue weighted by molar-refractivity contribution is 5.97. The third-order valence-electron chi connectivity index (χ3n) is 5.21. The summed E-state index contributed by atoms with van der Waals surface area (Å²) >= 11 is 0. The summed E-state index contributed by atoms with van der Waals surface area (Å²) in [5.41, 5.74) is 0.110. The lowest BCUT2D eigenvalue weighted by atomic mass is 9.77. The SMILES string of the molecule is O=C1OC2(c3ccc(O)cc3Oc3cc(NC(=O)C(F)(F)F)ccc32)c2ccccc21. The molecular formula is C22H12F3NO5. The molecular weight excluding hydrogens is 415 g/mol. The fourth-order valence-electron chi connectivity index (χ4n) is 3.94. The highest BCUT2D eigenvalue weighted by Crippen LogP contribution is 2.56. The number of benzene rings is 3. The first-order chi connectivity index (χ1) is 14.7. The van der Waals surface area contributed by atoms with Gasteiger partial charge in [0.1, 0.15) is 17.2 Å². The largest absolute Gasteiger partial charge is 0.508 e. The van der Waals surface area contributed by atoms with Crippen LogP contribution in [-0.2, 0) is 15.1 Å². The minimum absolute atomic E-state index is 0.0718. The molecule has 2 aliphatic rings. The number of esters is 1. The van der Waals surface area contributed by atoms with Crippen molar-refractivity contribution in [2.45, 2.75) is 11.8 Å². The van der Waals surface area contributed by atoms with Crippen molar-refractivity contribution in [1.29, 1.82) is 0 Å². The fourth-order valence-corrected chi connectivity index (χ4v) is 3.94. The van der Waals surface area contributed by atoms with Gasteiger partial charge in [0.2, 0.25) is 0 Å². The minimum atomic E-state index is -5.06. The molecule has 6 nitrogen and oxygen atoms in total. The van der Waals surface area contributed by atoms with Gasteiger partial charge in [-0.2, -0.15) is 13.2 Å². The number of hydrogen-bond acceptors (Lipinski definition) is 5. The molecule has 0 radical (unpaired) electrons. The van der Waals surface area contributed by atoms with Crippen molar-refractivity contribution in [1.82, 2.24) is 0 Å². The molecule has 5 rings (SSSR count). The molecule has 1 amide bonds. The molecule has 156 valence electrons. The normalized spacial score (nSPS) is 18.5. The minimum Gasteiger partial charge on any atom is -0.508 e. The Morgan fingerprint density at radius 2 is 1.61 bits per heavy atom. The Morgan fingerprint density at radius 3 is 2.35 bits per heavy atom. The molecule has 0 aromatic heterocycles. The van der Waals surface area contributed by atoms with Gasteiger partial charge in [-0.25, -0.2) is 4.79 Å². The third kappa shape index (κ3) is 2.73. The van der Waals surface area contributed by atoms with E-state index in [0.29, 0.717) is 22.3 Å². The van der Waals surface area contributed by atoms with Crippen LogP contribution in [0.25, 0.3) is 0 Å². The molecule has 1 atom stereocenters. The molecule has 3 aromatic carbocycles. The number of nitrogens with one attached hydrogen (secondary N) is 1. The second-order valence-corrected chi connectivity index (χ2v) is 7.06. The Kier molecular flexibility index (Phi) is 3.82. The average Bonchev–Trinajstić information content (AvgIpc) is 3.00. The number of amides is 1. The number of aromatic hydroxyl groups is 1. The summed E-state index contributed by atoms with van der Waals surface area (Å²) in [5.74, 6) is -2.58. The number of ether oxygens (including phenoxy) is 2. The number of hydrogen-bond donors (Lipinski definition) is 2. The predicted octanol–water partition coefficient (Wildman–Crippen LogP) is 4.46. The van der Waals surface area contributed by atoms with Crippen LogP contribution in [0.3, 0.4) is 0 Å². The summed E-state index contributed by atoms with van der Waals surface area (Å²) in [5, 5.41) is 11.7. The first kappa shape index (κ1) is 19.0. The Bertz CT molecular complexity index is 1270. The van der Waals surface area contributed by atoms with Crippen molar-refractivity contribution < 1.29 is 37.3 Å². The molecule has 2 N–H and O–H groups in total. The van der Waals surface area contributed by atoms with Crippen molar-refractivity contribution in [3.8, 4) is 17.2 Å². The van der Waals surface area contributed by atoms with Crippen molar-refractivity contribution in [3.63, 3.8) is 0 Å². The smallest absolute Gasteiger partial charge is 0.471 e. The quantitative estimate of drug-likeness (QED) is 0.560. The summed E-state index contributed by atoms with van der Waals surface area (Å²) in [6.45, 7) is 0. The third-order valence-corrected chi connectivity index (χ3v) is 5.21.